The van der Waals surface area contributed by atoms with E-state index in [4.69, 9.17) is 9.47 Å². The van der Waals surface area contributed by atoms with Crippen LogP contribution in [0.5, 0.6) is 0 Å². The van der Waals surface area contributed by atoms with E-state index in [1.54, 1.807) is 32.9 Å². The number of carbonyl (C=O) groups is 3. The molecule has 0 aliphatic carbocycles. The number of amides is 2. The number of hydrogen-bond acceptors (Lipinski definition) is 5. The second-order valence-corrected chi connectivity index (χ2v) is 7.48. The molecule has 1 rings (SSSR count). The first kappa shape index (κ1) is 24.2. The lowest BCUT2D eigenvalue weighted by molar-refractivity contribution is -0.141. The van der Waals surface area contributed by atoms with Crippen molar-refractivity contribution in [3.63, 3.8) is 0 Å². The third-order valence-electron chi connectivity index (χ3n) is 3.61. The molecule has 2 amide bonds. The number of hydrogen-bond donors (Lipinski definition) is 3. The van der Waals surface area contributed by atoms with Crippen LogP contribution in [0.2, 0.25) is 0 Å². The Morgan fingerprint density at radius 3 is 2.34 bits per heavy atom. The van der Waals surface area contributed by atoms with Crippen LogP contribution in [-0.4, -0.2) is 47.4 Å². The quantitative estimate of drug-likeness (QED) is 0.407. The van der Waals surface area contributed by atoms with E-state index in [0.29, 0.717) is 13.2 Å². The van der Waals surface area contributed by atoms with Gasteiger partial charge in [0, 0.05) is 0 Å². The predicted octanol–water partition coefficient (Wildman–Crippen LogP) is 2.63. The van der Waals surface area contributed by atoms with Crippen molar-refractivity contribution < 1.29 is 29.0 Å². The Bertz CT molecular complexity index is 697. The standard InChI is InChI=1S/C21H30N2O6/c1-15(22-20(27)29-21(2,3)4)18(24)23-17(19(25)26)12-8-9-13-28-14-16-10-6-5-7-11-16/h5-11,15,17H,12-14H2,1-4H3,(H,22,27)(H,23,24)(H,25,26)/b9-8+/t15-,17-/m0/s1. The number of benzene rings is 1. The second-order valence-electron chi connectivity index (χ2n) is 7.48. The lowest BCUT2D eigenvalue weighted by Crippen LogP contribution is -2.50. The lowest BCUT2D eigenvalue weighted by atomic mass is 10.2. The molecule has 3 N–H and O–H groups in total. The molecule has 8 nitrogen and oxygen atoms in total. The molecule has 0 aromatic heterocycles. The lowest BCUT2D eigenvalue weighted by Gasteiger charge is -2.22. The molecule has 0 radical (unpaired) electrons. The maximum atomic E-state index is 12.2. The molecule has 0 spiro atoms. The number of carboxylic acids is 1. The van der Waals surface area contributed by atoms with Crippen LogP contribution in [0.3, 0.4) is 0 Å². The van der Waals surface area contributed by atoms with E-state index in [9.17, 15) is 19.5 Å². The average Bonchev–Trinajstić information content (AvgIpc) is 2.62. The largest absolute Gasteiger partial charge is 0.480 e. The fraction of sp³-hybridized carbons (Fsp3) is 0.476. The van der Waals surface area contributed by atoms with Gasteiger partial charge in [-0.15, -0.1) is 0 Å². The minimum Gasteiger partial charge on any atom is -0.480 e. The predicted molar refractivity (Wildman–Crippen MR) is 108 cm³/mol. The molecule has 0 aliphatic heterocycles. The normalized spacial score (nSPS) is 13.5. The molecule has 1 aromatic carbocycles. The highest BCUT2D eigenvalue weighted by atomic mass is 16.6. The Morgan fingerprint density at radius 1 is 1.10 bits per heavy atom. The summed E-state index contributed by atoms with van der Waals surface area (Å²) in [7, 11) is 0. The molecule has 0 heterocycles. The van der Waals surface area contributed by atoms with Crippen molar-refractivity contribution in [2.45, 2.75) is 58.4 Å². The molecule has 0 aliphatic rings. The van der Waals surface area contributed by atoms with Crippen LogP contribution in [0.25, 0.3) is 0 Å². The van der Waals surface area contributed by atoms with Gasteiger partial charge in [-0.2, -0.15) is 0 Å². The zero-order chi connectivity index (χ0) is 21.9. The first-order chi connectivity index (χ1) is 13.6. The summed E-state index contributed by atoms with van der Waals surface area (Å²) < 4.78 is 10.6. The van der Waals surface area contributed by atoms with Crippen LogP contribution in [0.15, 0.2) is 42.5 Å². The molecular formula is C21H30N2O6. The van der Waals surface area contributed by atoms with Crippen LogP contribution < -0.4 is 10.6 Å². The van der Waals surface area contributed by atoms with Crippen molar-refractivity contribution in [1.82, 2.24) is 10.6 Å². The number of carbonyl (C=O) groups excluding carboxylic acids is 2. The van der Waals surface area contributed by atoms with Crippen molar-refractivity contribution in [1.29, 1.82) is 0 Å². The highest BCUT2D eigenvalue weighted by Gasteiger charge is 2.24. The fourth-order valence-electron chi connectivity index (χ4n) is 2.19. The van der Waals surface area contributed by atoms with Crippen LogP contribution >= 0.6 is 0 Å². The minimum atomic E-state index is -1.17. The molecule has 0 saturated heterocycles. The van der Waals surface area contributed by atoms with Gasteiger partial charge in [-0.05, 0) is 39.7 Å². The van der Waals surface area contributed by atoms with Crippen molar-refractivity contribution in [3.05, 3.63) is 48.0 Å². The summed E-state index contributed by atoms with van der Waals surface area (Å²) in [5.74, 6) is -1.78. The van der Waals surface area contributed by atoms with E-state index in [1.807, 2.05) is 30.3 Å². The summed E-state index contributed by atoms with van der Waals surface area (Å²) in [6.45, 7) is 7.34. The van der Waals surface area contributed by atoms with Gasteiger partial charge in [-0.1, -0.05) is 42.5 Å². The smallest absolute Gasteiger partial charge is 0.408 e. The van der Waals surface area contributed by atoms with Crippen molar-refractivity contribution in [2.24, 2.45) is 0 Å². The van der Waals surface area contributed by atoms with E-state index >= 15 is 0 Å². The van der Waals surface area contributed by atoms with E-state index < -0.39 is 35.7 Å². The molecule has 160 valence electrons. The van der Waals surface area contributed by atoms with Gasteiger partial charge in [0.05, 0.1) is 13.2 Å². The van der Waals surface area contributed by atoms with Crippen LogP contribution in [-0.2, 0) is 25.7 Å². The number of alkyl carbamates (subject to hydrolysis) is 1. The summed E-state index contributed by atoms with van der Waals surface area (Å²) in [6.07, 6.45) is 2.68. The van der Waals surface area contributed by atoms with Gasteiger partial charge in [0.15, 0.2) is 0 Å². The molecule has 0 saturated carbocycles. The average molecular weight is 406 g/mol. The number of aliphatic carboxylic acids is 1. The van der Waals surface area contributed by atoms with E-state index in [2.05, 4.69) is 10.6 Å². The van der Waals surface area contributed by atoms with E-state index in [-0.39, 0.29) is 6.42 Å². The van der Waals surface area contributed by atoms with Crippen molar-refractivity contribution in [2.75, 3.05) is 6.61 Å². The number of rotatable bonds is 10. The van der Waals surface area contributed by atoms with Gasteiger partial charge >= 0.3 is 12.1 Å². The second kappa shape index (κ2) is 11.9. The SMILES string of the molecule is C[C@H](NC(=O)OC(C)(C)C)C(=O)N[C@@H](C/C=C/COCc1ccccc1)C(=O)O. The number of nitrogens with one attached hydrogen (secondary N) is 2. The Labute approximate surface area is 171 Å². The molecule has 29 heavy (non-hydrogen) atoms. The third-order valence-corrected chi connectivity index (χ3v) is 3.61. The molecule has 0 unspecified atom stereocenters. The van der Waals surface area contributed by atoms with E-state index in [1.165, 1.54) is 6.92 Å². The summed E-state index contributed by atoms with van der Waals surface area (Å²) in [5, 5.41) is 14.1. The number of carboxylic acid groups (broad SMARTS) is 1. The Kier molecular flexibility index (Phi) is 9.88. The first-order valence-electron chi connectivity index (χ1n) is 9.38. The van der Waals surface area contributed by atoms with Gasteiger partial charge < -0.3 is 25.2 Å². The molecule has 0 bridgehead atoms. The maximum Gasteiger partial charge on any atom is 0.408 e. The van der Waals surface area contributed by atoms with E-state index in [0.717, 1.165) is 5.56 Å². The minimum absolute atomic E-state index is 0.0922. The van der Waals surface area contributed by atoms with Gasteiger partial charge in [0.25, 0.3) is 0 Å². The first-order valence-corrected chi connectivity index (χ1v) is 9.38. The van der Waals surface area contributed by atoms with Crippen LogP contribution in [0.1, 0.15) is 39.7 Å². The molecule has 0 fully saturated rings. The highest BCUT2D eigenvalue weighted by Crippen LogP contribution is 2.07. The number of ether oxygens (including phenoxy) is 2. The topological polar surface area (TPSA) is 114 Å². The maximum absolute atomic E-state index is 12.2. The van der Waals surface area contributed by atoms with Crippen molar-refractivity contribution in [3.8, 4) is 0 Å². The molecular weight excluding hydrogens is 376 g/mol. The van der Waals surface area contributed by atoms with Crippen molar-refractivity contribution >= 4 is 18.0 Å². The highest BCUT2D eigenvalue weighted by molar-refractivity contribution is 5.89. The fourth-order valence-corrected chi connectivity index (χ4v) is 2.19. The van der Waals surface area contributed by atoms with Gasteiger partial charge in [0.1, 0.15) is 17.7 Å². The summed E-state index contributed by atoms with van der Waals surface area (Å²) in [5.41, 5.74) is 0.347. The Balaban J connectivity index is 2.40. The van der Waals surface area contributed by atoms with Gasteiger partial charge in [-0.3, -0.25) is 4.79 Å². The monoisotopic (exact) mass is 406 g/mol. The molecule has 1 aromatic rings. The zero-order valence-corrected chi connectivity index (χ0v) is 17.3. The van der Waals surface area contributed by atoms with Gasteiger partial charge in [0.2, 0.25) is 5.91 Å². The Morgan fingerprint density at radius 2 is 1.76 bits per heavy atom. The summed E-state index contributed by atoms with van der Waals surface area (Å²) in [6, 6.07) is 7.62. The summed E-state index contributed by atoms with van der Waals surface area (Å²) >= 11 is 0. The van der Waals surface area contributed by atoms with Crippen LogP contribution in [0.4, 0.5) is 4.79 Å². The summed E-state index contributed by atoms with van der Waals surface area (Å²) in [4.78, 5) is 35.3. The van der Waals surface area contributed by atoms with Gasteiger partial charge in [-0.25, -0.2) is 9.59 Å². The molecule has 8 heteroatoms. The molecule has 2 atom stereocenters. The third kappa shape index (κ3) is 10.9. The zero-order valence-electron chi connectivity index (χ0n) is 17.3. The van der Waals surface area contributed by atoms with Crippen LogP contribution in [0, 0.1) is 0 Å². The Hall–Kier alpha value is -2.87.